The summed E-state index contributed by atoms with van der Waals surface area (Å²) in [4.78, 5) is 24.7. The summed E-state index contributed by atoms with van der Waals surface area (Å²) >= 11 is 6.44. The highest BCUT2D eigenvalue weighted by atomic mass is 35.5. The third-order valence-electron chi connectivity index (χ3n) is 4.76. The largest absolute Gasteiger partial charge is 0.486 e. The van der Waals surface area contributed by atoms with E-state index >= 15 is 0 Å². The van der Waals surface area contributed by atoms with Crippen molar-refractivity contribution in [1.82, 2.24) is 15.0 Å². The first-order valence-electron chi connectivity index (χ1n) is 10.1. The van der Waals surface area contributed by atoms with Gasteiger partial charge in [0.05, 0.1) is 28.7 Å². The molecule has 0 amide bonds. The van der Waals surface area contributed by atoms with Gasteiger partial charge in [-0.05, 0) is 49.4 Å². The Kier molecular flexibility index (Phi) is 6.85. The monoisotopic (exact) mass is 464 g/mol. The zero-order valence-electron chi connectivity index (χ0n) is 18.0. The number of aromatic nitrogens is 3. The number of hydrogen-bond acceptors (Lipinski definition) is 8. The average Bonchev–Trinajstić information content (AvgIpc) is 2.84. The van der Waals surface area contributed by atoms with E-state index in [4.69, 9.17) is 25.8 Å². The number of nitrogens with one attached hydrogen (secondary N) is 1. The zero-order chi connectivity index (χ0) is 23.2. The van der Waals surface area contributed by atoms with Crippen LogP contribution in [0.3, 0.4) is 0 Å². The molecule has 0 radical (unpaired) electrons. The number of methoxy groups -OCH3 is 1. The van der Waals surface area contributed by atoms with Gasteiger partial charge in [0, 0.05) is 11.9 Å². The lowest BCUT2D eigenvalue weighted by Crippen LogP contribution is -2.25. The van der Waals surface area contributed by atoms with E-state index in [9.17, 15) is 4.79 Å². The molecule has 0 aliphatic carbocycles. The molecule has 33 heavy (non-hydrogen) atoms. The minimum Gasteiger partial charge on any atom is -0.486 e. The number of nitrogens with zero attached hydrogens (tertiary/aromatic N) is 3. The van der Waals surface area contributed by atoms with Crippen LogP contribution in [0.25, 0.3) is 10.9 Å². The summed E-state index contributed by atoms with van der Waals surface area (Å²) in [6.07, 6.45) is 2.37. The second-order valence-corrected chi connectivity index (χ2v) is 7.44. The van der Waals surface area contributed by atoms with E-state index in [0.717, 1.165) is 5.69 Å². The molecule has 0 aliphatic rings. The van der Waals surface area contributed by atoms with E-state index in [0.29, 0.717) is 45.5 Å². The van der Waals surface area contributed by atoms with Crippen molar-refractivity contribution >= 4 is 40.0 Å². The molecule has 1 N–H and O–H groups in total. The number of esters is 1. The van der Waals surface area contributed by atoms with Crippen LogP contribution >= 0.6 is 11.6 Å². The topological polar surface area (TPSA) is 95.5 Å². The highest BCUT2D eigenvalue weighted by Gasteiger charge is 2.18. The normalized spacial score (nSPS) is 11.6. The molecule has 0 spiro atoms. The Balaban J connectivity index is 1.57. The maximum Gasteiger partial charge on any atom is 0.346 e. The van der Waals surface area contributed by atoms with Gasteiger partial charge in [-0.1, -0.05) is 23.7 Å². The van der Waals surface area contributed by atoms with Crippen molar-refractivity contribution in [3.05, 3.63) is 77.8 Å². The van der Waals surface area contributed by atoms with Gasteiger partial charge in [-0.2, -0.15) is 0 Å². The molecule has 8 nitrogen and oxygen atoms in total. The molecule has 0 saturated heterocycles. The summed E-state index contributed by atoms with van der Waals surface area (Å²) < 4.78 is 16.4. The number of hydrogen-bond donors (Lipinski definition) is 1. The lowest BCUT2D eigenvalue weighted by atomic mass is 10.2. The van der Waals surface area contributed by atoms with Crippen molar-refractivity contribution in [1.29, 1.82) is 0 Å². The van der Waals surface area contributed by atoms with Crippen molar-refractivity contribution in [2.75, 3.05) is 12.4 Å². The molecule has 0 saturated carbocycles. The molecule has 0 bridgehead atoms. The van der Waals surface area contributed by atoms with Gasteiger partial charge in [0.15, 0.2) is 6.10 Å². The second kappa shape index (κ2) is 10.1. The standard InChI is InChI=1S/C24H21ClN4O4/c1-15(24(30)31-2)33-21-8-5-7-19-22(21)23(28-14-27-19)29-16-9-10-20(18(25)12-16)32-13-17-6-3-4-11-26-17/h3-12,14-15H,13H2,1-2H3,(H,27,28,29)/t15-/m0/s1. The van der Waals surface area contributed by atoms with Gasteiger partial charge in [-0.15, -0.1) is 0 Å². The van der Waals surface area contributed by atoms with E-state index in [1.165, 1.54) is 13.4 Å². The Hall–Kier alpha value is -3.91. The molecule has 2 aromatic heterocycles. The van der Waals surface area contributed by atoms with Crippen LogP contribution in [0.1, 0.15) is 12.6 Å². The number of pyridine rings is 1. The minimum atomic E-state index is -0.793. The number of fused-ring (bicyclic) bond motifs is 1. The lowest BCUT2D eigenvalue weighted by Gasteiger charge is -2.16. The molecule has 1 atom stereocenters. The highest BCUT2D eigenvalue weighted by molar-refractivity contribution is 6.32. The van der Waals surface area contributed by atoms with E-state index in [1.807, 2.05) is 30.3 Å². The predicted molar refractivity (Wildman–Crippen MR) is 125 cm³/mol. The fraction of sp³-hybridized carbons (Fsp3) is 0.167. The van der Waals surface area contributed by atoms with Crippen molar-refractivity contribution in [3.8, 4) is 11.5 Å². The van der Waals surface area contributed by atoms with E-state index in [2.05, 4.69) is 20.3 Å². The smallest absolute Gasteiger partial charge is 0.346 e. The number of carbonyl (C=O) groups is 1. The first kappa shape index (κ1) is 22.3. The van der Waals surface area contributed by atoms with E-state index < -0.39 is 12.1 Å². The maximum atomic E-state index is 11.8. The van der Waals surface area contributed by atoms with Crippen molar-refractivity contribution in [3.63, 3.8) is 0 Å². The summed E-state index contributed by atoms with van der Waals surface area (Å²) in [5, 5.41) is 4.31. The summed E-state index contributed by atoms with van der Waals surface area (Å²) in [6.45, 7) is 1.92. The van der Waals surface area contributed by atoms with Crippen LogP contribution in [0.4, 0.5) is 11.5 Å². The second-order valence-electron chi connectivity index (χ2n) is 7.04. The molecule has 0 fully saturated rings. The fourth-order valence-corrected chi connectivity index (χ4v) is 3.38. The molecule has 4 rings (SSSR count). The number of anilines is 2. The molecule has 9 heteroatoms. The molecule has 168 valence electrons. The Morgan fingerprint density at radius 3 is 2.70 bits per heavy atom. The van der Waals surface area contributed by atoms with Crippen LogP contribution in [-0.2, 0) is 16.1 Å². The molecule has 2 heterocycles. The van der Waals surface area contributed by atoms with Gasteiger partial charge in [-0.3, -0.25) is 4.98 Å². The fourth-order valence-electron chi connectivity index (χ4n) is 3.14. The first-order valence-corrected chi connectivity index (χ1v) is 10.5. The predicted octanol–water partition coefficient (Wildman–Crippen LogP) is 4.94. The van der Waals surface area contributed by atoms with E-state index in [1.54, 1.807) is 37.4 Å². The number of ether oxygens (including phenoxy) is 3. The number of carbonyl (C=O) groups excluding carboxylic acids is 1. The van der Waals surface area contributed by atoms with Gasteiger partial charge in [0.25, 0.3) is 0 Å². The quantitative estimate of drug-likeness (QED) is 0.366. The third-order valence-corrected chi connectivity index (χ3v) is 5.05. The summed E-state index contributed by atoms with van der Waals surface area (Å²) in [7, 11) is 1.31. The van der Waals surface area contributed by atoms with Gasteiger partial charge in [0.1, 0.15) is 30.3 Å². The van der Waals surface area contributed by atoms with Crippen LogP contribution < -0.4 is 14.8 Å². The summed E-state index contributed by atoms with van der Waals surface area (Å²) in [6, 6.07) is 16.3. The average molecular weight is 465 g/mol. The van der Waals surface area contributed by atoms with Crippen LogP contribution in [0.2, 0.25) is 5.02 Å². The highest BCUT2D eigenvalue weighted by Crippen LogP contribution is 2.34. The summed E-state index contributed by atoms with van der Waals surface area (Å²) in [5.41, 5.74) is 2.15. The van der Waals surface area contributed by atoms with Crippen LogP contribution in [0.15, 0.2) is 67.1 Å². The Bertz CT molecular complexity index is 1260. The van der Waals surface area contributed by atoms with Crippen LogP contribution in [0, 0.1) is 0 Å². The molecular formula is C24H21ClN4O4. The van der Waals surface area contributed by atoms with Crippen molar-refractivity contribution < 1.29 is 19.0 Å². The Labute approximate surface area is 195 Å². The molecule has 0 aliphatic heterocycles. The van der Waals surface area contributed by atoms with Gasteiger partial charge < -0.3 is 19.5 Å². The molecule has 2 aromatic carbocycles. The number of halogens is 1. The third kappa shape index (κ3) is 5.30. The van der Waals surface area contributed by atoms with Gasteiger partial charge in [-0.25, -0.2) is 14.8 Å². The van der Waals surface area contributed by atoms with E-state index in [-0.39, 0.29) is 0 Å². The lowest BCUT2D eigenvalue weighted by molar-refractivity contribution is -0.147. The van der Waals surface area contributed by atoms with Crippen LogP contribution in [0.5, 0.6) is 11.5 Å². The zero-order valence-corrected chi connectivity index (χ0v) is 18.7. The van der Waals surface area contributed by atoms with Crippen molar-refractivity contribution in [2.24, 2.45) is 0 Å². The molecule has 0 unspecified atom stereocenters. The molecular weight excluding hydrogens is 444 g/mol. The first-order chi connectivity index (χ1) is 16.0. The van der Waals surface area contributed by atoms with Crippen molar-refractivity contribution in [2.45, 2.75) is 19.6 Å². The van der Waals surface area contributed by atoms with Crippen LogP contribution in [-0.4, -0.2) is 34.1 Å². The number of benzene rings is 2. The Morgan fingerprint density at radius 2 is 1.94 bits per heavy atom. The molecule has 4 aromatic rings. The van der Waals surface area contributed by atoms with Gasteiger partial charge >= 0.3 is 5.97 Å². The SMILES string of the molecule is COC(=O)[C@H](C)Oc1cccc2ncnc(Nc3ccc(OCc4ccccn4)c(Cl)c3)c12. The minimum absolute atomic E-state index is 0.308. The maximum absolute atomic E-state index is 11.8. The van der Waals surface area contributed by atoms with Gasteiger partial charge in [0.2, 0.25) is 0 Å². The summed E-state index contributed by atoms with van der Waals surface area (Å²) in [5.74, 6) is 1.02. The number of rotatable bonds is 8. The Morgan fingerprint density at radius 1 is 1.06 bits per heavy atom.